The third-order valence-electron chi connectivity index (χ3n) is 4.69. The number of carbonyl (C=O) groups is 1. The molecule has 2 aromatic rings. The van der Waals surface area contributed by atoms with E-state index < -0.39 is 0 Å². The van der Waals surface area contributed by atoms with E-state index in [1.54, 1.807) is 14.2 Å². The minimum absolute atomic E-state index is 0.0313. The molecule has 0 spiro atoms. The molecule has 28 heavy (non-hydrogen) atoms. The summed E-state index contributed by atoms with van der Waals surface area (Å²) in [4.78, 5) is 12.6. The number of methoxy groups -OCH3 is 2. The average Bonchev–Trinajstić information content (AvgIpc) is 3.45. The highest BCUT2D eigenvalue weighted by Crippen LogP contribution is 2.40. The summed E-state index contributed by atoms with van der Waals surface area (Å²) in [6, 6.07) is 6.11. The predicted molar refractivity (Wildman–Crippen MR) is 109 cm³/mol. The number of rotatable bonds is 9. The van der Waals surface area contributed by atoms with Gasteiger partial charge in [0.15, 0.2) is 16.7 Å². The molecule has 1 N–H and O–H groups in total. The zero-order valence-electron chi connectivity index (χ0n) is 17.1. The van der Waals surface area contributed by atoms with Crippen LogP contribution in [0, 0.1) is 0 Å². The first-order valence-corrected chi connectivity index (χ1v) is 10.4. The molecule has 1 saturated carbocycles. The summed E-state index contributed by atoms with van der Waals surface area (Å²) in [6.07, 6.45) is 2.32. The minimum atomic E-state index is -0.262. The van der Waals surface area contributed by atoms with Crippen LogP contribution < -0.4 is 14.8 Å². The molecule has 1 fully saturated rings. The summed E-state index contributed by atoms with van der Waals surface area (Å²) in [6.45, 7) is 6.57. The number of carbonyl (C=O) groups excluding carboxylic acids is 1. The van der Waals surface area contributed by atoms with E-state index in [-0.39, 0.29) is 11.2 Å². The maximum absolute atomic E-state index is 12.6. The largest absolute Gasteiger partial charge is 0.493 e. The lowest BCUT2D eigenvalue weighted by molar-refractivity contribution is -0.120. The van der Waals surface area contributed by atoms with Gasteiger partial charge in [0.1, 0.15) is 5.82 Å². The third kappa shape index (κ3) is 4.60. The first kappa shape index (κ1) is 20.5. The molecule has 1 atom stereocenters. The number of thioether (sulfide) groups is 1. The first-order chi connectivity index (χ1) is 13.4. The summed E-state index contributed by atoms with van der Waals surface area (Å²) >= 11 is 1.47. The van der Waals surface area contributed by atoms with Crippen molar-refractivity contribution in [2.75, 3.05) is 14.2 Å². The fraction of sp³-hybridized carbons (Fsp3) is 0.550. The van der Waals surface area contributed by atoms with Crippen molar-refractivity contribution in [2.45, 2.75) is 62.5 Å². The van der Waals surface area contributed by atoms with Gasteiger partial charge in [-0.25, -0.2) is 0 Å². The van der Waals surface area contributed by atoms with Crippen LogP contribution in [0.15, 0.2) is 23.4 Å². The number of ether oxygens (including phenoxy) is 2. The molecule has 1 amide bonds. The van der Waals surface area contributed by atoms with Crippen molar-refractivity contribution in [1.29, 1.82) is 0 Å². The average molecular weight is 405 g/mol. The van der Waals surface area contributed by atoms with Gasteiger partial charge in [0.2, 0.25) is 5.91 Å². The van der Waals surface area contributed by atoms with Crippen LogP contribution in [0.2, 0.25) is 0 Å². The standard InChI is InChI=1S/C20H28N4O3S/c1-12(2)18-22-23-20(24(18)15-7-8-15)28-13(3)19(25)21-11-14-6-9-16(26-4)17(10-14)27-5/h6,9-10,12-13,15H,7-8,11H2,1-5H3,(H,21,25)/t13-/m1/s1. The molecule has 0 bridgehead atoms. The summed E-state index contributed by atoms with van der Waals surface area (Å²) < 4.78 is 12.8. The fourth-order valence-electron chi connectivity index (χ4n) is 2.97. The van der Waals surface area contributed by atoms with E-state index in [4.69, 9.17) is 9.47 Å². The molecule has 0 unspecified atom stereocenters. The van der Waals surface area contributed by atoms with E-state index in [1.165, 1.54) is 11.8 Å². The van der Waals surface area contributed by atoms with Gasteiger partial charge in [-0.3, -0.25) is 4.79 Å². The van der Waals surface area contributed by atoms with E-state index in [9.17, 15) is 4.79 Å². The molecule has 0 radical (unpaired) electrons. The number of aromatic nitrogens is 3. The number of benzene rings is 1. The van der Waals surface area contributed by atoms with E-state index in [2.05, 4.69) is 33.9 Å². The van der Waals surface area contributed by atoms with Gasteiger partial charge in [0, 0.05) is 18.5 Å². The molecule has 0 saturated heterocycles. The molecule has 1 aromatic carbocycles. The quantitative estimate of drug-likeness (QED) is 0.644. The topological polar surface area (TPSA) is 78.3 Å². The maximum atomic E-state index is 12.6. The fourth-order valence-corrected chi connectivity index (χ4v) is 3.92. The van der Waals surface area contributed by atoms with Gasteiger partial charge in [0.05, 0.1) is 19.5 Å². The number of hydrogen-bond donors (Lipinski definition) is 1. The van der Waals surface area contributed by atoms with Crippen LogP contribution in [0.1, 0.15) is 57.0 Å². The van der Waals surface area contributed by atoms with Crippen molar-refractivity contribution in [1.82, 2.24) is 20.1 Å². The number of nitrogens with one attached hydrogen (secondary N) is 1. The molecule has 8 heteroatoms. The Morgan fingerprint density at radius 1 is 1.21 bits per heavy atom. The van der Waals surface area contributed by atoms with Gasteiger partial charge in [-0.05, 0) is 37.5 Å². The highest BCUT2D eigenvalue weighted by molar-refractivity contribution is 8.00. The number of hydrogen-bond acceptors (Lipinski definition) is 6. The molecular formula is C20H28N4O3S. The second-order valence-electron chi connectivity index (χ2n) is 7.26. The first-order valence-electron chi connectivity index (χ1n) is 9.54. The molecule has 1 heterocycles. The van der Waals surface area contributed by atoms with Crippen LogP contribution in [0.4, 0.5) is 0 Å². The number of amides is 1. The third-order valence-corrected chi connectivity index (χ3v) is 5.74. The van der Waals surface area contributed by atoms with Gasteiger partial charge in [0.25, 0.3) is 0 Å². The molecule has 7 nitrogen and oxygen atoms in total. The van der Waals surface area contributed by atoms with Crippen LogP contribution in [0.3, 0.4) is 0 Å². The Morgan fingerprint density at radius 2 is 1.93 bits per heavy atom. The monoisotopic (exact) mass is 404 g/mol. The lowest BCUT2D eigenvalue weighted by Crippen LogP contribution is -2.30. The maximum Gasteiger partial charge on any atom is 0.233 e. The summed E-state index contributed by atoms with van der Waals surface area (Å²) in [7, 11) is 3.20. The van der Waals surface area contributed by atoms with E-state index in [0.717, 1.165) is 29.4 Å². The number of nitrogens with zero attached hydrogens (tertiary/aromatic N) is 3. The molecule has 1 aromatic heterocycles. The van der Waals surface area contributed by atoms with Gasteiger partial charge in [-0.15, -0.1) is 10.2 Å². The van der Waals surface area contributed by atoms with Crippen molar-refractivity contribution >= 4 is 17.7 Å². The second kappa shape index (κ2) is 8.86. The van der Waals surface area contributed by atoms with Crippen molar-refractivity contribution in [2.24, 2.45) is 0 Å². The van der Waals surface area contributed by atoms with Gasteiger partial charge in [-0.1, -0.05) is 31.7 Å². The van der Waals surface area contributed by atoms with E-state index in [1.807, 2.05) is 25.1 Å². The Kier molecular flexibility index (Phi) is 6.49. The Morgan fingerprint density at radius 3 is 2.54 bits per heavy atom. The molecule has 152 valence electrons. The Balaban J connectivity index is 1.61. The van der Waals surface area contributed by atoms with Crippen LogP contribution in [0.5, 0.6) is 11.5 Å². The zero-order chi connectivity index (χ0) is 20.3. The van der Waals surface area contributed by atoms with Gasteiger partial charge in [-0.2, -0.15) is 0 Å². The van der Waals surface area contributed by atoms with Gasteiger partial charge >= 0.3 is 0 Å². The lowest BCUT2D eigenvalue weighted by Gasteiger charge is -2.15. The Bertz CT molecular complexity index is 833. The van der Waals surface area contributed by atoms with E-state index in [0.29, 0.717) is 30.0 Å². The lowest BCUT2D eigenvalue weighted by atomic mass is 10.2. The van der Waals surface area contributed by atoms with Crippen LogP contribution in [0.25, 0.3) is 0 Å². The smallest absolute Gasteiger partial charge is 0.233 e. The van der Waals surface area contributed by atoms with Crippen LogP contribution in [-0.4, -0.2) is 40.1 Å². The molecule has 0 aliphatic heterocycles. The SMILES string of the molecule is COc1ccc(CNC(=O)[C@@H](C)Sc2nnc(C(C)C)n2C2CC2)cc1OC. The summed E-state index contributed by atoms with van der Waals surface area (Å²) in [5.74, 6) is 2.60. The predicted octanol–water partition coefficient (Wildman–Crippen LogP) is 3.55. The van der Waals surface area contributed by atoms with Crippen molar-refractivity contribution < 1.29 is 14.3 Å². The molecular weight excluding hydrogens is 376 g/mol. The zero-order valence-corrected chi connectivity index (χ0v) is 17.9. The van der Waals surface area contributed by atoms with Crippen molar-refractivity contribution in [3.05, 3.63) is 29.6 Å². The Labute approximate surface area is 170 Å². The summed E-state index contributed by atoms with van der Waals surface area (Å²) in [5, 5.41) is 12.3. The highest BCUT2D eigenvalue weighted by Gasteiger charge is 2.31. The van der Waals surface area contributed by atoms with Crippen molar-refractivity contribution in [3.63, 3.8) is 0 Å². The second-order valence-corrected chi connectivity index (χ2v) is 8.57. The summed E-state index contributed by atoms with van der Waals surface area (Å²) in [5.41, 5.74) is 0.950. The van der Waals surface area contributed by atoms with Crippen LogP contribution in [-0.2, 0) is 11.3 Å². The normalized spacial score (nSPS) is 14.8. The minimum Gasteiger partial charge on any atom is -0.493 e. The molecule has 3 rings (SSSR count). The molecule has 1 aliphatic carbocycles. The van der Waals surface area contributed by atoms with Crippen molar-refractivity contribution in [3.8, 4) is 11.5 Å². The van der Waals surface area contributed by atoms with Crippen LogP contribution >= 0.6 is 11.8 Å². The van der Waals surface area contributed by atoms with E-state index >= 15 is 0 Å². The highest BCUT2D eigenvalue weighted by atomic mass is 32.2. The molecule has 1 aliphatic rings. The Hall–Kier alpha value is -2.22. The van der Waals surface area contributed by atoms with Gasteiger partial charge < -0.3 is 19.4 Å².